The van der Waals surface area contributed by atoms with E-state index in [-0.39, 0.29) is 22.5 Å². The highest BCUT2D eigenvalue weighted by atomic mass is 35.5. The van der Waals surface area contributed by atoms with Crippen molar-refractivity contribution >= 4 is 29.1 Å². The number of nitrogens with zero attached hydrogens (tertiary/aromatic N) is 2. The summed E-state index contributed by atoms with van der Waals surface area (Å²) in [6, 6.07) is 13.1. The molecule has 11 heteroatoms. The first-order valence-electron chi connectivity index (χ1n) is 13.3. The van der Waals surface area contributed by atoms with E-state index in [4.69, 9.17) is 21.1 Å². The Bertz CT molecular complexity index is 1440. The fourth-order valence-corrected chi connectivity index (χ4v) is 5.89. The summed E-state index contributed by atoms with van der Waals surface area (Å²) in [4.78, 5) is 31.9. The lowest BCUT2D eigenvalue weighted by atomic mass is 9.85. The summed E-state index contributed by atoms with van der Waals surface area (Å²) in [5.41, 5.74) is -1.30. The van der Waals surface area contributed by atoms with Gasteiger partial charge in [-0.1, -0.05) is 29.8 Å². The number of carbonyl (C=O) groups excluding carboxylic acids is 2. The highest BCUT2D eigenvalue weighted by molar-refractivity contribution is 6.30. The van der Waals surface area contributed by atoms with Crippen LogP contribution in [0.2, 0.25) is 5.02 Å². The van der Waals surface area contributed by atoms with Crippen molar-refractivity contribution in [2.45, 2.75) is 43.8 Å². The lowest BCUT2D eigenvalue weighted by Gasteiger charge is -2.32. The third-order valence-electron chi connectivity index (χ3n) is 7.87. The van der Waals surface area contributed by atoms with Gasteiger partial charge in [-0.15, -0.1) is 0 Å². The minimum atomic E-state index is -2.90. The largest absolute Gasteiger partial charge is 0.497 e. The zero-order valence-corrected chi connectivity index (χ0v) is 23.3. The summed E-state index contributed by atoms with van der Waals surface area (Å²) < 4.78 is 37.5. The highest BCUT2D eigenvalue weighted by Gasteiger charge is 2.51. The van der Waals surface area contributed by atoms with Crippen molar-refractivity contribution in [2.75, 3.05) is 25.7 Å². The zero-order chi connectivity index (χ0) is 29.3. The summed E-state index contributed by atoms with van der Waals surface area (Å²) in [7, 11) is 3.00. The quantitative estimate of drug-likeness (QED) is 0.374. The molecule has 2 heterocycles. The molecule has 2 aliphatic rings. The van der Waals surface area contributed by atoms with E-state index in [1.807, 2.05) is 12.1 Å². The number of nitrogens with one attached hydrogen (secondary N) is 1. The van der Waals surface area contributed by atoms with Gasteiger partial charge in [-0.2, -0.15) is 0 Å². The number of hydrogen-bond acceptors (Lipinski definition) is 6. The van der Waals surface area contributed by atoms with E-state index in [2.05, 4.69) is 10.3 Å². The number of rotatable bonds is 8. The summed E-state index contributed by atoms with van der Waals surface area (Å²) in [5, 5.41) is 14.9. The van der Waals surface area contributed by atoms with Gasteiger partial charge in [0.05, 0.1) is 30.5 Å². The molecule has 0 bridgehead atoms. The van der Waals surface area contributed by atoms with E-state index in [1.165, 1.54) is 20.3 Å². The number of fused-ring (bicyclic) bond motifs is 1. The first-order valence-corrected chi connectivity index (χ1v) is 13.6. The summed E-state index contributed by atoms with van der Waals surface area (Å²) >= 11 is 5.90. The monoisotopic (exact) mass is 585 g/mol. The Hall–Kier alpha value is -3.76. The van der Waals surface area contributed by atoms with Gasteiger partial charge in [0.1, 0.15) is 17.2 Å². The number of methoxy groups -OCH3 is 2. The molecule has 1 fully saturated rings. The first kappa shape index (κ1) is 28.8. The molecule has 3 aromatic rings. The Morgan fingerprint density at radius 2 is 1.78 bits per heavy atom. The number of anilines is 1. The lowest BCUT2D eigenvalue weighted by Crippen LogP contribution is -2.44. The molecule has 1 atom stereocenters. The molecule has 216 valence electrons. The maximum Gasteiger partial charge on any atom is 0.281 e. The van der Waals surface area contributed by atoms with Crippen LogP contribution in [0.25, 0.3) is 0 Å². The summed E-state index contributed by atoms with van der Waals surface area (Å²) in [5.74, 6) is -0.0948. The van der Waals surface area contributed by atoms with E-state index in [0.29, 0.717) is 60.5 Å². The predicted octanol–water partition coefficient (Wildman–Crippen LogP) is 5.26. The van der Waals surface area contributed by atoms with Gasteiger partial charge in [-0.3, -0.25) is 14.6 Å². The maximum atomic E-state index is 13.9. The van der Waals surface area contributed by atoms with E-state index >= 15 is 0 Å². The van der Waals surface area contributed by atoms with Crippen molar-refractivity contribution in [3.05, 3.63) is 82.1 Å². The molecule has 1 aromatic heterocycles. The first-order chi connectivity index (χ1) is 19.6. The number of aliphatic hydroxyl groups is 1. The third-order valence-corrected chi connectivity index (χ3v) is 8.07. The Morgan fingerprint density at radius 1 is 1.12 bits per heavy atom. The van der Waals surface area contributed by atoms with Gasteiger partial charge in [0.2, 0.25) is 0 Å². The molecule has 1 aliphatic heterocycles. The smallest absolute Gasteiger partial charge is 0.281 e. The second-order valence-electron chi connectivity index (χ2n) is 10.3. The van der Waals surface area contributed by atoms with E-state index in [1.54, 1.807) is 35.2 Å². The second-order valence-corrected chi connectivity index (χ2v) is 10.8. The van der Waals surface area contributed by atoms with Crippen LogP contribution < -0.4 is 19.7 Å². The second kappa shape index (κ2) is 11.6. The molecule has 41 heavy (non-hydrogen) atoms. The van der Waals surface area contributed by atoms with Gasteiger partial charge in [-0.25, -0.2) is 8.78 Å². The molecular formula is C30H30ClF2N3O5. The van der Waals surface area contributed by atoms with Gasteiger partial charge in [0.25, 0.3) is 18.2 Å². The SMILES string of the molecule is COc1cc(OC)cc(C2(O)C(=O)N(C[C@H]3CC[C@H](NC(=O)c4cc(Cl)cnc4C(F)F)CC3)c3ccccc32)c1. The number of amides is 2. The number of carbonyl (C=O) groups is 2. The predicted molar refractivity (Wildman–Crippen MR) is 149 cm³/mol. The molecule has 2 amide bonds. The Morgan fingerprint density at radius 3 is 2.41 bits per heavy atom. The number of hydrogen-bond donors (Lipinski definition) is 2. The average Bonchev–Trinajstić information content (AvgIpc) is 3.20. The number of aromatic nitrogens is 1. The number of halogens is 3. The van der Waals surface area contributed by atoms with Crippen molar-refractivity contribution in [1.82, 2.24) is 10.3 Å². The molecule has 1 unspecified atom stereocenters. The van der Waals surface area contributed by atoms with Gasteiger partial charge in [0, 0.05) is 36.0 Å². The summed E-state index contributed by atoms with van der Waals surface area (Å²) in [6.07, 6.45) is 0.788. The van der Waals surface area contributed by atoms with Crippen molar-refractivity contribution in [3.63, 3.8) is 0 Å². The van der Waals surface area contributed by atoms with Gasteiger partial charge < -0.3 is 24.8 Å². The van der Waals surface area contributed by atoms with Crippen LogP contribution in [0, 0.1) is 5.92 Å². The molecule has 2 aromatic carbocycles. The molecule has 0 saturated heterocycles. The number of alkyl halides is 2. The van der Waals surface area contributed by atoms with Crippen LogP contribution in [-0.2, 0) is 10.4 Å². The van der Waals surface area contributed by atoms with Crippen LogP contribution in [0.5, 0.6) is 11.5 Å². The third kappa shape index (κ3) is 5.46. The van der Waals surface area contributed by atoms with Crippen molar-refractivity contribution < 1.29 is 33.0 Å². The normalized spacial score (nSPS) is 22.0. The Kier molecular flexibility index (Phi) is 8.15. The molecule has 0 radical (unpaired) electrons. The average molecular weight is 586 g/mol. The number of para-hydroxylation sites is 1. The number of ether oxygens (including phenoxy) is 2. The fourth-order valence-electron chi connectivity index (χ4n) is 5.73. The minimum Gasteiger partial charge on any atom is -0.497 e. The Balaban J connectivity index is 1.30. The van der Waals surface area contributed by atoms with Crippen LogP contribution in [0.4, 0.5) is 14.5 Å². The molecule has 5 rings (SSSR count). The molecule has 2 N–H and O–H groups in total. The zero-order valence-electron chi connectivity index (χ0n) is 22.6. The van der Waals surface area contributed by atoms with E-state index in [9.17, 15) is 23.5 Å². The number of benzene rings is 2. The fraction of sp³-hybridized carbons (Fsp3) is 0.367. The van der Waals surface area contributed by atoms with Crippen LogP contribution in [0.1, 0.15) is 59.3 Å². The highest BCUT2D eigenvalue weighted by Crippen LogP contribution is 2.46. The molecule has 8 nitrogen and oxygen atoms in total. The van der Waals surface area contributed by atoms with Crippen molar-refractivity contribution in [2.24, 2.45) is 5.92 Å². The molecular weight excluding hydrogens is 556 g/mol. The van der Waals surface area contributed by atoms with Crippen molar-refractivity contribution in [1.29, 1.82) is 0 Å². The molecule has 1 saturated carbocycles. The van der Waals surface area contributed by atoms with Gasteiger partial charge in [-0.05, 0) is 55.9 Å². The molecule has 0 spiro atoms. The van der Waals surface area contributed by atoms with E-state index in [0.717, 1.165) is 6.20 Å². The van der Waals surface area contributed by atoms with Crippen LogP contribution >= 0.6 is 11.6 Å². The Labute approximate surface area is 241 Å². The number of pyridine rings is 1. The maximum absolute atomic E-state index is 13.9. The molecule has 1 aliphatic carbocycles. The van der Waals surface area contributed by atoms with Gasteiger partial charge >= 0.3 is 0 Å². The van der Waals surface area contributed by atoms with Crippen LogP contribution in [-0.4, -0.2) is 48.7 Å². The van der Waals surface area contributed by atoms with Gasteiger partial charge in [0.15, 0.2) is 5.60 Å². The van der Waals surface area contributed by atoms with Crippen molar-refractivity contribution in [3.8, 4) is 11.5 Å². The standard InChI is InChI=1S/C30H30ClF2N3O5/c1-40-21-11-18(12-22(14-21)41-2)30(39)24-5-3-4-6-25(24)36(29(30)38)16-17-7-9-20(10-8-17)35-28(37)23-13-19(31)15-34-26(23)27(32)33/h3-6,11-15,17,20,27,39H,7-10,16H2,1-2H3,(H,35,37)/t17-,20-,30?. The van der Waals surface area contributed by atoms with Crippen LogP contribution in [0.3, 0.4) is 0 Å². The topological polar surface area (TPSA) is 101 Å². The van der Waals surface area contributed by atoms with E-state index < -0.39 is 29.5 Å². The lowest BCUT2D eigenvalue weighted by molar-refractivity contribution is -0.132. The summed E-state index contributed by atoms with van der Waals surface area (Å²) in [6.45, 7) is 0.383. The van der Waals surface area contributed by atoms with Crippen LogP contribution in [0.15, 0.2) is 54.7 Å². The minimum absolute atomic E-state index is 0.103.